The van der Waals surface area contributed by atoms with Gasteiger partial charge in [-0.2, -0.15) is 0 Å². The van der Waals surface area contributed by atoms with E-state index in [4.69, 9.17) is 9.47 Å². The summed E-state index contributed by atoms with van der Waals surface area (Å²) in [7, 11) is 1.63. The highest BCUT2D eigenvalue weighted by Crippen LogP contribution is 2.44. The topological polar surface area (TPSA) is 74.9 Å². The fraction of sp³-hybridized carbons (Fsp3) is 0.407. The standard InChI is InChI=1S/C27H31N3O4/c1-17(2)34-14-8-13-29-16-24(31)30-22(27(29)32)15-20-18-9-4-6-11-21(18)28-25(20)26(30)19-10-5-7-12-23(19)33-3/h4-7,9-12,17,22,26,28H,8,13-16H2,1-3H3/t22-,26?/m0/s1. The number of aromatic nitrogens is 1. The van der Waals surface area contributed by atoms with E-state index in [0.29, 0.717) is 31.7 Å². The number of nitrogens with one attached hydrogen (secondary N) is 1. The lowest BCUT2D eigenvalue weighted by Gasteiger charge is -2.47. The predicted molar refractivity (Wildman–Crippen MR) is 130 cm³/mol. The van der Waals surface area contributed by atoms with Gasteiger partial charge >= 0.3 is 0 Å². The molecule has 0 saturated carbocycles. The largest absolute Gasteiger partial charge is 0.496 e. The number of fused-ring (bicyclic) bond motifs is 4. The van der Waals surface area contributed by atoms with E-state index >= 15 is 0 Å². The van der Waals surface area contributed by atoms with Gasteiger partial charge in [0.25, 0.3) is 0 Å². The van der Waals surface area contributed by atoms with E-state index in [2.05, 4.69) is 11.1 Å². The summed E-state index contributed by atoms with van der Waals surface area (Å²) in [6.07, 6.45) is 1.35. The highest BCUT2D eigenvalue weighted by molar-refractivity contribution is 5.97. The lowest BCUT2D eigenvalue weighted by molar-refractivity contribution is -0.158. The number of benzene rings is 2. The monoisotopic (exact) mass is 461 g/mol. The summed E-state index contributed by atoms with van der Waals surface area (Å²) < 4.78 is 11.3. The SMILES string of the molecule is COc1ccccc1C1c2[nH]c3ccccc3c2C[C@H]2C(=O)N(CCCOC(C)C)CC(=O)N12. The second kappa shape index (κ2) is 9.14. The van der Waals surface area contributed by atoms with Crippen LogP contribution in [0.3, 0.4) is 0 Å². The summed E-state index contributed by atoms with van der Waals surface area (Å²) in [5, 5.41) is 1.10. The van der Waals surface area contributed by atoms with E-state index < -0.39 is 12.1 Å². The van der Waals surface area contributed by atoms with Crippen LogP contribution in [0.2, 0.25) is 0 Å². The van der Waals surface area contributed by atoms with Crippen LogP contribution in [0, 0.1) is 0 Å². The molecule has 1 aromatic heterocycles. The van der Waals surface area contributed by atoms with Crippen LogP contribution >= 0.6 is 0 Å². The van der Waals surface area contributed by atoms with Gasteiger partial charge in [0.1, 0.15) is 17.8 Å². The van der Waals surface area contributed by atoms with Gasteiger partial charge in [-0.1, -0.05) is 36.4 Å². The summed E-state index contributed by atoms with van der Waals surface area (Å²) in [5.74, 6) is 0.654. The highest BCUT2D eigenvalue weighted by Gasteiger charge is 2.48. The normalized spacial score (nSPS) is 20.1. The predicted octanol–water partition coefficient (Wildman–Crippen LogP) is 3.68. The molecule has 2 aliphatic rings. The molecule has 34 heavy (non-hydrogen) atoms. The van der Waals surface area contributed by atoms with Crippen molar-refractivity contribution in [1.82, 2.24) is 14.8 Å². The van der Waals surface area contributed by atoms with Crippen molar-refractivity contribution in [2.45, 2.75) is 44.9 Å². The van der Waals surface area contributed by atoms with Crippen molar-refractivity contribution in [3.05, 3.63) is 65.4 Å². The minimum absolute atomic E-state index is 0.0000222. The van der Waals surface area contributed by atoms with Gasteiger partial charge < -0.3 is 24.3 Å². The maximum Gasteiger partial charge on any atom is 0.246 e. The molecule has 7 nitrogen and oxygen atoms in total. The van der Waals surface area contributed by atoms with Crippen molar-refractivity contribution < 1.29 is 19.1 Å². The Hall–Kier alpha value is -3.32. The maximum atomic E-state index is 13.7. The van der Waals surface area contributed by atoms with Gasteiger partial charge in [-0.25, -0.2) is 0 Å². The van der Waals surface area contributed by atoms with E-state index in [-0.39, 0.29) is 24.5 Å². The Morgan fingerprint density at radius 3 is 2.65 bits per heavy atom. The Kier molecular flexibility index (Phi) is 6.04. The van der Waals surface area contributed by atoms with Crippen molar-refractivity contribution >= 4 is 22.7 Å². The number of para-hydroxylation sites is 2. The quantitative estimate of drug-likeness (QED) is 0.545. The van der Waals surface area contributed by atoms with Gasteiger partial charge in [-0.15, -0.1) is 0 Å². The van der Waals surface area contributed by atoms with Crippen LogP contribution in [0.15, 0.2) is 48.5 Å². The number of hydrogen-bond acceptors (Lipinski definition) is 4. The average molecular weight is 462 g/mol. The van der Waals surface area contributed by atoms with Gasteiger partial charge in [0.2, 0.25) is 11.8 Å². The molecule has 1 saturated heterocycles. The molecule has 1 fully saturated rings. The minimum atomic E-state index is -0.547. The molecule has 2 amide bonds. The number of carbonyl (C=O) groups excluding carboxylic acids is 2. The van der Waals surface area contributed by atoms with Gasteiger partial charge in [0, 0.05) is 41.7 Å². The van der Waals surface area contributed by atoms with Crippen LogP contribution in [0.1, 0.15) is 43.1 Å². The molecular weight excluding hydrogens is 430 g/mol. The van der Waals surface area contributed by atoms with Crippen molar-refractivity contribution in [1.29, 1.82) is 0 Å². The number of carbonyl (C=O) groups is 2. The molecule has 1 N–H and O–H groups in total. The molecule has 0 bridgehead atoms. The summed E-state index contributed by atoms with van der Waals surface area (Å²) >= 11 is 0. The Morgan fingerprint density at radius 1 is 1.09 bits per heavy atom. The molecule has 5 rings (SSSR count). The summed E-state index contributed by atoms with van der Waals surface area (Å²) in [6, 6.07) is 14.9. The van der Waals surface area contributed by atoms with Crippen molar-refractivity contribution in [3.63, 3.8) is 0 Å². The second-order valence-electron chi connectivity index (χ2n) is 9.26. The number of amides is 2. The maximum absolute atomic E-state index is 13.7. The Bertz CT molecular complexity index is 1220. The zero-order valence-electron chi connectivity index (χ0n) is 19.9. The first-order valence-electron chi connectivity index (χ1n) is 11.9. The average Bonchev–Trinajstić information content (AvgIpc) is 3.21. The Morgan fingerprint density at radius 2 is 1.85 bits per heavy atom. The fourth-order valence-electron chi connectivity index (χ4n) is 5.30. The lowest BCUT2D eigenvalue weighted by Crippen LogP contribution is -2.63. The first-order valence-corrected chi connectivity index (χ1v) is 11.9. The van der Waals surface area contributed by atoms with Crippen LogP contribution in [-0.2, 0) is 20.7 Å². The fourth-order valence-corrected chi connectivity index (χ4v) is 5.30. The summed E-state index contributed by atoms with van der Waals surface area (Å²) in [5.41, 5.74) is 3.94. The molecule has 3 heterocycles. The number of nitrogens with zero attached hydrogens (tertiary/aromatic N) is 2. The molecular formula is C27H31N3O4. The number of H-pyrrole nitrogens is 1. The Balaban J connectivity index is 1.55. The number of methoxy groups -OCH3 is 1. The molecule has 2 aromatic carbocycles. The van der Waals surface area contributed by atoms with Gasteiger partial charge in [0.15, 0.2) is 0 Å². The van der Waals surface area contributed by atoms with Gasteiger partial charge in [-0.05, 0) is 38.0 Å². The third kappa shape index (κ3) is 3.84. The van der Waals surface area contributed by atoms with Gasteiger partial charge in [0.05, 0.1) is 19.8 Å². The molecule has 0 aliphatic carbocycles. The van der Waals surface area contributed by atoms with Crippen molar-refractivity contribution in [2.24, 2.45) is 0 Å². The number of rotatable bonds is 7. The van der Waals surface area contributed by atoms with Crippen LogP contribution in [0.5, 0.6) is 5.75 Å². The molecule has 3 aromatic rings. The van der Waals surface area contributed by atoms with E-state index in [1.165, 1.54) is 0 Å². The first-order chi connectivity index (χ1) is 16.5. The van der Waals surface area contributed by atoms with E-state index in [1.54, 1.807) is 16.9 Å². The van der Waals surface area contributed by atoms with E-state index in [1.807, 2.05) is 56.3 Å². The number of ether oxygens (including phenoxy) is 2. The minimum Gasteiger partial charge on any atom is -0.496 e. The summed E-state index contributed by atoms with van der Waals surface area (Å²) in [4.78, 5) is 34.3. The van der Waals surface area contributed by atoms with Crippen molar-refractivity contribution in [3.8, 4) is 5.75 Å². The van der Waals surface area contributed by atoms with Crippen LogP contribution in [0.4, 0.5) is 0 Å². The Labute approximate surface area is 199 Å². The molecule has 2 atom stereocenters. The molecule has 0 radical (unpaired) electrons. The third-order valence-corrected chi connectivity index (χ3v) is 6.80. The molecule has 178 valence electrons. The number of piperazine rings is 1. The van der Waals surface area contributed by atoms with Crippen LogP contribution in [-0.4, -0.2) is 65.6 Å². The first kappa shape index (κ1) is 22.5. The zero-order chi connectivity index (χ0) is 23.8. The lowest BCUT2D eigenvalue weighted by atomic mass is 9.86. The second-order valence-corrected chi connectivity index (χ2v) is 9.26. The van der Waals surface area contributed by atoms with E-state index in [0.717, 1.165) is 27.7 Å². The molecule has 2 aliphatic heterocycles. The summed E-state index contributed by atoms with van der Waals surface area (Å²) in [6.45, 7) is 5.15. The van der Waals surface area contributed by atoms with Crippen LogP contribution < -0.4 is 4.74 Å². The van der Waals surface area contributed by atoms with Crippen molar-refractivity contribution in [2.75, 3.05) is 26.8 Å². The number of aromatic amines is 1. The van der Waals surface area contributed by atoms with Crippen LogP contribution in [0.25, 0.3) is 10.9 Å². The molecule has 1 unspecified atom stereocenters. The number of hydrogen-bond donors (Lipinski definition) is 1. The molecule has 0 spiro atoms. The smallest absolute Gasteiger partial charge is 0.246 e. The zero-order valence-corrected chi connectivity index (χ0v) is 19.9. The van der Waals surface area contributed by atoms with E-state index in [9.17, 15) is 9.59 Å². The van der Waals surface area contributed by atoms with Gasteiger partial charge in [-0.3, -0.25) is 9.59 Å². The highest BCUT2D eigenvalue weighted by atomic mass is 16.5. The third-order valence-electron chi connectivity index (χ3n) is 6.80. The molecule has 7 heteroatoms.